The molecule has 0 aliphatic rings. The lowest BCUT2D eigenvalue weighted by Crippen LogP contribution is -2.41. The zero-order valence-corrected chi connectivity index (χ0v) is 11.5. The van der Waals surface area contributed by atoms with E-state index >= 15 is 0 Å². The van der Waals surface area contributed by atoms with Crippen molar-refractivity contribution in [2.75, 3.05) is 6.61 Å². The van der Waals surface area contributed by atoms with Crippen molar-refractivity contribution in [3.63, 3.8) is 0 Å². The van der Waals surface area contributed by atoms with E-state index < -0.39 is 23.8 Å². The van der Waals surface area contributed by atoms with E-state index in [1.165, 1.54) is 47.7 Å². The summed E-state index contributed by atoms with van der Waals surface area (Å²) in [5.41, 5.74) is -0.572. The first-order chi connectivity index (χ1) is 10.7. The fourth-order valence-electron chi connectivity index (χ4n) is 2.59. The third-order valence-corrected chi connectivity index (χ3v) is 3.68. The van der Waals surface area contributed by atoms with Crippen LogP contribution in [0.15, 0.2) is 61.2 Å². The maximum absolute atomic E-state index is 14.4. The van der Waals surface area contributed by atoms with Gasteiger partial charge in [-0.15, -0.1) is 0 Å². The van der Waals surface area contributed by atoms with Crippen LogP contribution in [-0.4, -0.2) is 26.5 Å². The Bertz CT molecular complexity index is 759. The number of rotatable bonds is 4. The first kappa shape index (κ1) is 14.3. The van der Waals surface area contributed by atoms with E-state index in [1.54, 1.807) is 18.2 Å². The van der Waals surface area contributed by atoms with E-state index in [4.69, 9.17) is 0 Å². The summed E-state index contributed by atoms with van der Waals surface area (Å²) >= 11 is 0. The number of aliphatic hydroxyl groups excluding tert-OH is 1. The molecule has 0 bridgehead atoms. The predicted octanol–water partition coefficient (Wildman–Crippen LogP) is 2.34. The summed E-state index contributed by atoms with van der Waals surface area (Å²) in [4.78, 5) is 3.88. The smallest absolute Gasteiger partial charge is 0.140 e. The van der Waals surface area contributed by atoms with Gasteiger partial charge in [-0.1, -0.05) is 30.3 Å². The molecule has 1 N–H and O–H groups in total. The largest absolute Gasteiger partial charge is 0.393 e. The molecule has 6 heteroatoms. The van der Waals surface area contributed by atoms with E-state index in [0.29, 0.717) is 5.56 Å². The second kappa shape index (κ2) is 5.65. The van der Waals surface area contributed by atoms with Crippen LogP contribution in [0.2, 0.25) is 0 Å². The molecule has 4 nitrogen and oxygen atoms in total. The number of nitrogens with zero attached hydrogens (tertiary/aromatic N) is 3. The maximum atomic E-state index is 14.4. The lowest BCUT2D eigenvalue weighted by atomic mass is 9.83. The highest BCUT2D eigenvalue weighted by atomic mass is 19.1. The molecule has 0 aliphatic carbocycles. The van der Waals surface area contributed by atoms with Gasteiger partial charge in [0.15, 0.2) is 0 Å². The minimum atomic E-state index is -1.31. The zero-order valence-electron chi connectivity index (χ0n) is 11.5. The van der Waals surface area contributed by atoms with Crippen LogP contribution in [0.3, 0.4) is 0 Å². The summed E-state index contributed by atoms with van der Waals surface area (Å²) in [6.07, 6.45) is 2.70. The van der Waals surface area contributed by atoms with Crippen molar-refractivity contribution < 1.29 is 13.9 Å². The van der Waals surface area contributed by atoms with Crippen molar-refractivity contribution in [3.05, 3.63) is 83.9 Å². The number of halogens is 2. The third kappa shape index (κ3) is 2.17. The van der Waals surface area contributed by atoms with Gasteiger partial charge in [-0.05, 0) is 23.8 Å². The Balaban J connectivity index is 2.31. The minimum absolute atomic E-state index is 0.231. The highest BCUT2D eigenvalue weighted by Crippen LogP contribution is 2.34. The summed E-state index contributed by atoms with van der Waals surface area (Å²) in [7, 11) is 0. The van der Waals surface area contributed by atoms with Crippen molar-refractivity contribution in [1.82, 2.24) is 14.8 Å². The van der Waals surface area contributed by atoms with Crippen LogP contribution in [0.4, 0.5) is 8.78 Å². The van der Waals surface area contributed by atoms with Gasteiger partial charge >= 0.3 is 0 Å². The van der Waals surface area contributed by atoms with E-state index in [-0.39, 0.29) is 5.56 Å². The van der Waals surface area contributed by atoms with Crippen molar-refractivity contribution >= 4 is 0 Å². The predicted molar refractivity (Wildman–Crippen MR) is 76.1 cm³/mol. The zero-order chi connectivity index (χ0) is 15.6. The second-order valence-corrected chi connectivity index (χ2v) is 4.85. The average molecular weight is 301 g/mol. The minimum Gasteiger partial charge on any atom is -0.393 e. The molecule has 22 heavy (non-hydrogen) atoms. The Morgan fingerprint density at radius 1 is 1.05 bits per heavy atom. The maximum Gasteiger partial charge on any atom is 0.140 e. The van der Waals surface area contributed by atoms with E-state index in [0.717, 1.165) is 0 Å². The van der Waals surface area contributed by atoms with Gasteiger partial charge in [-0.25, -0.2) is 18.4 Å². The van der Waals surface area contributed by atoms with Crippen molar-refractivity contribution in [2.45, 2.75) is 5.54 Å². The molecular formula is C16H13F2N3O. The first-order valence-corrected chi connectivity index (χ1v) is 6.65. The van der Waals surface area contributed by atoms with Gasteiger partial charge < -0.3 is 5.11 Å². The Kier molecular flexibility index (Phi) is 3.68. The molecule has 1 atom stereocenters. The quantitative estimate of drug-likeness (QED) is 0.804. The average Bonchev–Trinajstić information content (AvgIpc) is 3.06. The molecule has 0 radical (unpaired) electrons. The van der Waals surface area contributed by atoms with Gasteiger partial charge in [0.2, 0.25) is 0 Å². The summed E-state index contributed by atoms with van der Waals surface area (Å²) in [6, 6.07) is 11.6. The van der Waals surface area contributed by atoms with E-state index in [1.807, 2.05) is 0 Å². The van der Waals surface area contributed by atoms with E-state index in [2.05, 4.69) is 10.1 Å². The van der Waals surface area contributed by atoms with Crippen LogP contribution in [0.1, 0.15) is 11.1 Å². The van der Waals surface area contributed by atoms with Crippen LogP contribution in [-0.2, 0) is 5.54 Å². The number of benzene rings is 2. The van der Waals surface area contributed by atoms with Crippen molar-refractivity contribution in [2.24, 2.45) is 0 Å². The number of hydrogen-bond donors (Lipinski definition) is 1. The topological polar surface area (TPSA) is 50.9 Å². The number of aliphatic hydroxyl groups is 1. The fraction of sp³-hybridized carbons (Fsp3) is 0.125. The molecule has 0 spiro atoms. The molecule has 1 unspecified atom stereocenters. The summed E-state index contributed by atoms with van der Waals surface area (Å²) in [5.74, 6) is -0.904. The lowest BCUT2D eigenvalue weighted by Gasteiger charge is -2.33. The molecule has 3 aromatic rings. The van der Waals surface area contributed by atoms with Crippen LogP contribution in [0.5, 0.6) is 0 Å². The molecule has 1 aromatic heterocycles. The molecule has 1 heterocycles. The SMILES string of the molecule is OCC(c1ccc(F)cc1)(c1ccccc1F)n1cncn1. The fourth-order valence-corrected chi connectivity index (χ4v) is 2.59. The van der Waals surface area contributed by atoms with Crippen LogP contribution in [0.25, 0.3) is 0 Å². The van der Waals surface area contributed by atoms with Gasteiger partial charge in [0.05, 0.1) is 6.61 Å². The Labute approximate surface area is 125 Å². The molecule has 3 rings (SSSR count). The van der Waals surface area contributed by atoms with Gasteiger partial charge in [-0.3, -0.25) is 0 Å². The Hall–Kier alpha value is -2.60. The van der Waals surface area contributed by atoms with Crippen LogP contribution < -0.4 is 0 Å². The first-order valence-electron chi connectivity index (χ1n) is 6.65. The lowest BCUT2D eigenvalue weighted by molar-refractivity contribution is 0.181. The second-order valence-electron chi connectivity index (χ2n) is 4.85. The Morgan fingerprint density at radius 2 is 1.77 bits per heavy atom. The van der Waals surface area contributed by atoms with Crippen molar-refractivity contribution in [3.8, 4) is 0 Å². The van der Waals surface area contributed by atoms with E-state index in [9.17, 15) is 13.9 Å². The number of aromatic nitrogens is 3. The highest BCUT2D eigenvalue weighted by Gasteiger charge is 2.39. The number of hydrogen-bond acceptors (Lipinski definition) is 3. The Morgan fingerprint density at radius 3 is 2.36 bits per heavy atom. The summed E-state index contributed by atoms with van der Waals surface area (Å²) < 4.78 is 29.0. The molecule has 0 fully saturated rings. The summed E-state index contributed by atoms with van der Waals surface area (Å²) in [5, 5.41) is 14.2. The molecule has 0 aliphatic heterocycles. The van der Waals surface area contributed by atoms with Gasteiger partial charge in [-0.2, -0.15) is 5.10 Å². The molecule has 0 amide bonds. The van der Waals surface area contributed by atoms with Gasteiger partial charge in [0.25, 0.3) is 0 Å². The monoisotopic (exact) mass is 301 g/mol. The van der Waals surface area contributed by atoms with Gasteiger partial charge in [0, 0.05) is 5.56 Å². The molecule has 2 aromatic carbocycles. The molecule has 112 valence electrons. The van der Waals surface area contributed by atoms with Crippen LogP contribution in [0, 0.1) is 11.6 Å². The standard InChI is InChI=1S/C16H13F2N3O/c17-13-7-5-12(6-8-13)16(9-22,21-11-19-10-20-21)14-3-1-2-4-15(14)18/h1-8,10-11,22H,9H2. The van der Waals surface area contributed by atoms with Crippen LogP contribution >= 0.6 is 0 Å². The highest BCUT2D eigenvalue weighted by molar-refractivity contribution is 5.40. The molecule has 0 saturated heterocycles. The summed E-state index contributed by atoms with van der Waals surface area (Å²) in [6.45, 7) is -0.455. The normalized spacial score (nSPS) is 13.8. The van der Waals surface area contributed by atoms with Crippen molar-refractivity contribution in [1.29, 1.82) is 0 Å². The molecule has 0 saturated carbocycles. The third-order valence-electron chi connectivity index (χ3n) is 3.68. The van der Waals surface area contributed by atoms with Gasteiger partial charge in [0.1, 0.15) is 29.8 Å². The molecular weight excluding hydrogens is 288 g/mol.